The fraction of sp³-hybridized carbons (Fsp3) is 0.381. The Balaban J connectivity index is 1.70. The zero-order valence-electron chi connectivity index (χ0n) is 16.3. The number of rotatable bonds is 7. The largest absolute Gasteiger partial charge is 0.372 e. The second-order valence-corrected chi connectivity index (χ2v) is 9.21. The molecular formula is C21H27N3O3S. The molecule has 1 aliphatic heterocycles. The van der Waals surface area contributed by atoms with Gasteiger partial charge in [-0.3, -0.25) is 4.79 Å². The highest BCUT2D eigenvalue weighted by Gasteiger charge is 2.30. The standard InChI is InChI=1S/C21H27N3O3S/c1-23(28(2,26)27)20(18-8-4-3-5-9-18)21(25)22-16-17-10-12-19(13-11-17)24-14-6-7-15-24/h3-5,8-13,20H,6-7,14-16H2,1-2H3,(H,22,25)/t20-/m0/s1. The van der Waals surface area contributed by atoms with Crippen molar-refractivity contribution in [1.29, 1.82) is 0 Å². The van der Waals surface area contributed by atoms with Crippen molar-refractivity contribution in [3.63, 3.8) is 0 Å². The van der Waals surface area contributed by atoms with Gasteiger partial charge in [-0.2, -0.15) is 4.31 Å². The summed E-state index contributed by atoms with van der Waals surface area (Å²) in [5, 5.41) is 2.88. The van der Waals surface area contributed by atoms with Crippen molar-refractivity contribution in [2.45, 2.75) is 25.4 Å². The van der Waals surface area contributed by atoms with Gasteiger partial charge in [0, 0.05) is 32.4 Å². The Morgan fingerprint density at radius 1 is 1.07 bits per heavy atom. The lowest BCUT2D eigenvalue weighted by Crippen LogP contribution is -2.41. The zero-order valence-corrected chi connectivity index (χ0v) is 17.2. The zero-order chi connectivity index (χ0) is 20.1. The van der Waals surface area contributed by atoms with Gasteiger partial charge in [0.2, 0.25) is 15.9 Å². The molecule has 150 valence electrons. The van der Waals surface area contributed by atoms with Crippen LogP contribution in [0.5, 0.6) is 0 Å². The van der Waals surface area contributed by atoms with Gasteiger partial charge >= 0.3 is 0 Å². The second-order valence-electron chi connectivity index (χ2n) is 7.17. The Morgan fingerprint density at radius 3 is 2.25 bits per heavy atom. The van der Waals surface area contributed by atoms with Gasteiger partial charge in [0.25, 0.3) is 0 Å². The monoisotopic (exact) mass is 401 g/mol. The number of carbonyl (C=O) groups excluding carboxylic acids is 1. The molecule has 7 heteroatoms. The first-order valence-electron chi connectivity index (χ1n) is 9.46. The molecule has 0 radical (unpaired) electrons. The van der Waals surface area contributed by atoms with E-state index in [0.717, 1.165) is 29.2 Å². The van der Waals surface area contributed by atoms with Crippen molar-refractivity contribution in [3.05, 3.63) is 65.7 Å². The molecule has 1 aliphatic rings. The number of sulfonamides is 1. The van der Waals surface area contributed by atoms with Crippen LogP contribution in [-0.4, -0.2) is 45.0 Å². The molecule has 2 aromatic carbocycles. The lowest BCUT2D eigenvalue weighted by Gasteiger charge is -2.25. The molecule has 0 saturated carbocycles. The minimum absolute atomic E-state index is 0.345. The van der Waals surface area contributed by atoms with Gasteiger partial charge in [0.15, 0.2) is 0 Å². The summed E-state index contributed by atoms with van der Waals surface area (Å²) >= 11 is 0. The van der Waals surface area contributed by atoms with E-state index in [1.165, 1.54) is 25.6 Å². The van der Waals surface area contributed by atoms with Gasteiger partial charge in [-0.05, 0) is 36.1 Å². The molecule has 1 atom stereocenters. The Bertz CT molecular complexity index is 892. The molecule has 0 aliphatic carbocycles. The van der Waals surface area contributed by atoms with Crippen molar-refractivity contribution in [1.82, 2.24) is 9.62 Å². The summed E-state index contributed by atoms with van der Waals surface area (Å²) in [6.07, 6.45) is 3.56. The van der Waals surface area contributed by atoms with Crippen LogP contribution < -0.4 is 10.2 Å². The van der Waals surface area contributed by atoms with Gasteiger partial charge in [0.1, 0.15) is 6.04 Å². The van der Waals surface area contributed by atoms with E-state index >= 15 is 0 Å². The lowest BCUT2D eigenvalue weighted by molar-refractivity contribution is -0.124. The third-order valence-electron chi connectivity index (χ3n) is 5.12. The smallest absolute Gasteiger partial charge is 0.243 e. The normalized spacial score (nSPS) is 15.6. The number of carbonyl (C=O) groups is 1. The Kier molecular flexibility index (Phi) is 6.36. The lowest BCUT2D eigenvalue weighted by atomic mass is 10.1. The number of nitrogens with zero attached hydrogens (tertiary/aromatic N) is 2. The summed E-state index contributed by atoms with van der Waals surface area (Å²) in [5.41, 5.74) is 2.81. The maximum Gasteiger partial charge on any atom is 0.243 e. The Labute approximate surface area is 167 Å². The number of amides is 1. The van der Waals surface area contributed by atoms with E-state index in [1.807, 2.05) is 18.2 Å². The first kappa shape index (κ1) is 20.4. The van der Waals surface area contributed by atoms with E-state index in [0.29, 0.717) is 12.1 Å². The number of likely N-dealkylation sites (N-methyl/N-ethyl adjacent to an activating group) is 1. The molecular weight excluding hydrogens is 374 g/mol. The molecule has 1 N–H and O–H groups in total. The third kappa shape index (κ3) is 4.91. The van der Waals surface area contributed by atoms with E-state index in [1.54, 1.807) is 24.3 Å². The molecule has 2 aromatic rings. The number of nitrogens with one attached hydrogen (secondary N) is 1. The van der Waals surface area contributed by atoms with E-state index < -0.39 is 16.1 Å². The summed E-state index contributed by atoms with van der Waals surface area (Å²) in [4.78, 5) is 15.2. The van der Waals surface area contributed by atoms with Crippen LogP contribution in [0.15, 0.2) is 54.6 Å². The average molecular weight is 402 g/mol. The fourth-order valence-corrected chi connectivity index (χ4v) is 4.04. The molecule has 1 fully saturated rings. The Hall–Kier alpha value is -2.38. The molecule has 0 bridgehead atoms. The van der Waals surface area contributed by atoms with Crippen LogP contribution in [0.4, 0.5) is 5.69 Å². The number of anilines is 1. The van der Waals surface area contributed by atoms with Gasteiger partial charge in [0.05, 0.1) is 6.26 Å². The highest BCUT2D eigenvalue weighted by atomic mass is 32.2. The number of hydrogen-bond acceptors (Lipinski definition) is 4. The molecule has 1 heterocycles. The summed E-state index contributed by atoms with van der Waals surface area (Å²) in [5.74, 6) is -0.345. The molecule has 1 amide bonds. The van der Waals surface area contributed by atoms with Crippen LogP contribution in [0.3, 0.4) is 0 Å². The van der Waals surface area contributed by atoms with Crippen molar-refractivity contribution in [3.8, 4) is 0 Å². The SMILES string of the molecule is CN([C@H](C(=O)NCc1ccc(N2CCCC2)cc1)c1ccccc1)S(C)(=O)=O. The van der Waals surface area contributed by atoms with Crippen molar-refractivity contribution in [2.24, 2.45) is 0 Å². The predicted octanol–water partition coefficient (Wildman–Crippen LogP) is 2.54. The van der Waals surface area contributed by atoms with Crippen LogP contribution in [0.25, 0.3) is 0 Å². The van der Waals surface area contributed by atoms with Crippen LogP contribution in [0.1, 0.15) is 30.0 Å². The predicted molar refractivity (Wildman–Crippen MR) is 112 cm³/mol. The summed E-state index contributed by atoms with van der Waals surface area (Å²) in [7, 11) is -2.10. The second kappa shape index (κ2) is 8.75. The number of hydrogen-bond donors (Lipinski definition) is 1. The van der Waals surface area contributed by atoms with E-state index in [2.05, 4.69) is 22.3 Å². The molecule has 1 saturated heterocycles. The molecule has 0 spiro atoms. The molecule has 0 aromatic heterocycles. The summed E-state index contributed by atoms with van der Waals surface area (Å²) in [6.45, 7) is 2.53. The quantitative estimate of drug-likeness (QED) is 0.774. The van der Waals surface area contributed by atoms with Crippen LogP contribution in [-0.2, 0) is 21.4 Å². The van der Waals surface area contributed by atoms with E-state index in [4.69, 9.17) is 0 Å². The topological polar surface area (TPSA) is 69.7 Å². The Morgan fingerprint density at radius 2 is 1.68 bits per heavy atom. The highest BCUT2D eigenvalue weighted by Crippen LogP contribution is 2.23. The van der Waals surface area contributed by atoms with Crippen LogP contribution in [0, 0.1) is 0 Å². The minimum atomic E-state index is -3.53. The van der Waals surface area contributed by atoms with Crippen LogP contribution in [0.2, 0.25) is 0 Å². The van der Waals surface area contributed by atoms with E-state index in [-0.39, 0.29) is 5.91 Å². The first-order valence-corrected chi connectivity index (χ1v) is 11.3. The van der Waals surface area contributed by atoms with Crippen molar-refractivity contribution < 1.29 is 13.2 Å². The summed E-state index contributed by atoms with van der Waals surface area (Å²) in [6, 6.07) is 16.2. The summed E-state index contributed by atoms with van der Waals surface area (Å²) < 4.78 is 25.2. The van der Waals surface area contributed by atoms with Crippen molar-refractivity contribution in [2.75, 3.05) is 31.3 Å². The maximum atomic E-state index is 12.9. The average Bonchev–Trinajstić information content (AvgIpc) is 3.22. The van der Waals surface area contributed by atoms with Gasteiger partial charge in [-0.15, -0.1) is 0 Å². The van der Waals surface area contributed by atoms with Gasteiger partial charge in [-0.1, -0.05) is 42.5 Å². The molecule has 3 rings (SSSR count). The fourth-order valence-electron chi connectivity index (χ4n) is 3.44. The van der Waals surface area contributed by atoms with E-state index in [9.17, 15) is 13.2 Å². The maximum absolute atomic E-state index is 12.9. The van der Waals surface area contributed by atoms with Gasteiger partial charge in [-0.25, -0.2) is 8.42 Å². The first-order chi connectivity index (χ1) is 13.4. The van der Waals surface area contributed by atoms with Gasteiger partial charge < -0.3 is 10.2 Å². The van der Waals surface area contributed by atoms with Crippen molar-refractivity contribution >= 4 is 21.6 Å². The molecule has 6 nitrogen and oxygen atoms in total. The molecule has 0 unspecified atom stereocenters. The third-order valence-corrected chi connectivity index (χ3v) is 6.38. The minimum Gasteiger partial charge on any atom is -0.372 e. The van der Waals surface area contributed by atoms with Crippen LogP contribution >= 0.6 is 0 Å². The molecule has 28 heavy (non-hydrogen) atoms. The number of benzene rings is 2. The highest BCUT2D eigenvalue weighted by molar-refractivity contribution is 7.88.